The van der Waals surface area contributed by atoms with Crippen LogP contribution in [0.5, 0.6) is 0 Å². The number of carbonyl (C=O) groups is 1. The van der Waals surface area contributed by atoms with Gasteiger partial charge in [-0.25, -0.2) is 0 Å². The van der Waals surface area contributed by atoms with Gasteiger partial charge >= 0.3 is 5.97 Å². The fraction of sp³-hybridized carbons (Fsp3) is 0.933. The number of carbonyl (C=O) groups excluding carboxylic acids is 1. The normalized spacial score (nSPS) is 13.3. The average molecular weight is 242 g/mol. The van der Waals surface area contributed by atoms with E-state index >= 15 is 0 Å². The summed E-state index contributed by atoms with van der Waals surface area (Å²) in [6.07, 6.45) is 1.68. The first-order valence-corrected chi connectivity index (χ1v) is 6.87. The molecule has 0 aliphatic carbocycles. The minimum absolute atomic E-state index is 0.0655. The summed E-state index contributed by atoms with van der Waals surface area (Å²) in [5.74, 6) is 0.609. The Morgan fingerprint density at radius 2 is 1.41 bits per heavy atom. The van der Waals surface area contributed by atoms with E-state index in [-0.39, 0.29) is 17.0 Å². The summed E-state index contributed by atoms with van der Waals surface area (Å²) in [6.45, 7) is 16.6. The molecule has 2 heteroatoms. The molecule has 0 fully saturated rings. The maximum atomic E-state index is 12.3. The zero-order valence-corrected chi connectivity index (χ0v) is 12.9. The molecule has 0 aromatic rings. The predicted octanol–water partition coefficient (Wildman–Crippen LogP) is 4.43. The Morgan fingerprint density at radius 3 is 1.65 bits per heavy atom. The Hall–Kier alpha value is -0.530. The summed E-state index contributed by atoms with van der Waals surface area (Å²) < 4.78 is 5.93. The quantitative estimate of drug-likeness (QED) is 0.644. The van der Waals surface area contributed by atoms with Crippen molar-refractivity contribution in [1.29, 1.82) is 0 Å². The first-order valence-electron chi connectivity index (χ1n) is 6.87. The van der Waals surface area contributed by atoms with Crippen LogP contribution in [-0.4, -0.2) is 11.6 Å². The first-order chi connectivity index (χ1) is 7.64. The number of hydrogen-bond donors (Lipinski definition) is 0. The van der Waals surface area contributed by atoms with Crippen LogP contribution >= 0.6 is 0 Å². The molecular formula is C15H30O2. The van der Waals surface area contributed by atoms with Crippen molar-refractivity contribution < 1.29 is 9.53 Å². The van der Waals surface area contributed by atoms with Crippen LogP contribution in [0.1, 0.15) is 68.2 Å². The fourth-order valence-electron chi connectivity index (χ4n) is 2.25. The van der Waals surface area contributed by atoms with Gasteiger partial charge in [0, 0.05) is 0 Å². The van der Waals surface area contributed by atoms with Crippen molar-refractivity contribution in [3.8, 4) is 0 Å². The highest BCUT2D eigenvalue weighted by Crippen LogP contribution is 2.36. The van der Waals surface area contributed by atoms with Crippen LogP contribution in [0.2, 0.25) is 0 Å². The van der Waals surface area contributed by atoms with Gasteiger partial charge in [0.1, 0.15) is 5.60 Å². The van der Waals surface area contributed by atoms with E-state index in [0.717, 1.165) is 12.8 Å². The third kappa shape index (κ3) is 3.46. The molecule has 0 rings (SSSR count). The highest BCUT2D eigenvalue weighted by atomic mass is 16.6. The fourth-order valence-corrected chi connectivity index (χ4v) is 2.25. The summed E-state index contributed by atoms with van der Waals surface area (Å²) >= 11 is 0. The van der Waals surface area contributed by atoms with Crippen LogP contribution in [0.15, 0.2) is 0 Å². The minimum atomic E-state index is -0.385. The molecule has 0 atom stereocenters. The van der Waals surface area contributed by atoms with Crippen LogP contribution in [0.25, 0.3) is 0 Å². The van der Waals surface area contributed by atoms with Gasteiger partial charge in [-0.15, -0.1) is 0 Å². The van der Waals surface area contributed by atoms with E-state index in [0.29, 0.717) is 11.8 Å². The summed E-state index contributed by atoms with van der Waals surface area (Å²) in [5.41, 5.74) is -0.715. The maximum Gasteiger partial charge on any atom is 0.312 e. The molecule has 0 heterocycles. The zero-order chi connectivity index (χ0) is 13.9. The topological polar surface area (TPSA) is 26.3 Å². The molecule has 0 bridgehead atoms. The van der Waals surface area contributed by atoms with Crippen LogP contribution in [0, 0.1) is 17.3 Å². The van der Waals surface area contributed by atoms with Gasteiger partial charge in [0.05, 0.1) is 5.41 Å². The lowest BCUT2D eigenvalue weighted by Crippen LogP contribution is -2.47. The second kappa shape index (κ2) is 5.88. The molecule has 0 unspecified atom stereocenters. The van der Waals surface area contributed by atoms with Gasteiger partial charge in [0.25, 0.3) is 0 Å². The standard InChI is InChI=1S/C15H30O2/c1-9-14(7,8)13(16)17-15(10-2,11(3)4)12(5)6/h11-12H,9-10H2,1-8H3. The summed E-state index contributed by atoms with van der Waals surface area (Å²) in [7, 11) is 0. The van der Waals surface area contributed by atoms with E-state index in [1.807, 2.05) is 20.8 Å². The largest absolute Gasteiger partial charge is 0.458 e. The minimum Gasteiger partial charge on any atom is -0.458 e. The highest BCUT2D eigenvalue weighted by molar-refractivity contribution is 5.76. The molecule has 102 valence electrons. The monoisotopic (exact) mass is 242 g/mol. The lowest BCUT2D eigenvalue weighted by atomic mass is 9.77. The van der Waals surface area contributed by atoms with E-state index in [1.165, 1.54) is 0 Å². The van der Waals surface area contributed by atoms with E-state index in [1.54, 1.807) is 0 Å². The SMILES string of the molecule is CCC(C)(C)C(=O)OC(CC)(C(C)C)C(C)C. The molecule has 0 saturated carbocycles. The molecule has 0 aliphatic rings. The number of ether oxygens (including phenoxy) is 1. The lowest BCUT2D eigenvalue weighted by Gasteiger charge is -2.42. The van der Waals surface area contributed by atoms with Crippen molar-refractivity contribution in [1.82, 2.24) is 0 Å². The van der Waals surface area contributed by atoms with Gasteiger partial charge in [0.15, 0.2) is 0 Å². The average Bonchev–Trinajstić information content (AvgIpc) is 2.24. The van der Waals surface area contributed by atoms with Crippen LogP contribution < -0.4 is 0 Å². The Balaban J connectivity index is 5.08. The second-order valence-electron chi connectivity index (χ2n) is 6.24. The molecule has 0 spiro atoms. The van der Waals surface area contributed by atoms with Gasteiger partial charge in [0.2, 0.25) is 0 Å². The van der Waals surface area contributed by atoms with Crippen molar-refractivity contribution in [2.45, 2.75) is 73.8 Å². The summed E-state index contributed by atoms with van der Waals surface area (Å²) in [6, 6.07) is 0. The molecular weight excluding hydrogens is 212 g/mol. The number of hydrogen-bond acceptors (Lipinski definition) is 2. The Kier molecular flexibility index (Phi) is 5.70. The zero-order valence-electron chi connectivity index (χ0n) is 12.9. The maximum absolute atomic E-state index is 12.3. The molecule has 0 aliphatic heterocycles. The smallest absolute Gasteiger partial charge is 0.312 e. The second-order valence-corrected chi connectivity index (χ2v) is 6.24. The molecule has 0 saturated heterocycles. The number of rotatable bonds is 6. The van der Waals surface area contributed by atoms with E-state index in [4.69, 9.17) is 4.74 Å². The molecule has 2 nitrogen and oxygen atoms in total. The molecule has 0 N–H and O–H groups in total. The third-order valence-electron chi connectivity index (χ3n) is 4.23. The highest BCUT2D eigenvalue weighted by Gasteiger charge is 2.42. The van der Waals surface area contributed by atoms with Crippen LogP contribution in [-0.2, 0) is 9.53 Å². The Bertz CT molecular complexity index is 244. The van der Waals surface area contributed by atoms with E-state index in [2.05, 4.69) is 34.6 Å². The van der Waals surface area contributed by atoms with E-state index in [9.17, 15) is 4.79 Å². The van der Waals surface area contributed by atoms with Gasteiger partial charge in [-0.05, 0) is 38.5 Å². The number of esters is 1. The lowest BCUT2D eigenvalue weighted by molar-refractivity contribution is -0.183. The van der Waals surface area contributed by atoms with Crippen LogP contribution in [0.4, 0.5) is 0 Å². The van der Waals surface area contributed by atoms with Crippen molar-refractivity contribution in [3.63, 3.8) is 0 Å². The van der Waals surface area contributed by atoms with Gasteiger partial charge in [-0.2, -0.15) is 0 Å². The molecule has 0 amide bonds. The Labute approximate surface area is 107 Å². The van der Waals surface area contributed by atoms with Crippen molar-refractivity contribution in [2.24, 2.45) is 17.3 Å². The van der Waals surface area contributed by atoms with Crippen molar-refractivity contribution in [2.75, 3.05) is 0 Å². The van der Waals surface area contributed by atoms with Gasteiger partial charge in [-0.3, -0.25) is 4.79 Å². The Morgan fingerprint density at radius 1 is 1.00 bits per heavy atom. The predicted molar refractivity (Wildman–Crippen MR) is 72.9 cm³/mol. The molecule has 17 heavy (non-hydrogen) atoms. The van der Waals surface area contributed by atoms with Gasteiger partial charge in [-0.1, -0.05) is 41.5 Å². The van der Waals surface area contributed by atoms with Crippen molar-refractivity contribution in [3.05, 3.63) is 0 Å². The summed E-state index contributed by atoms with van der Waals surface area (Å²) in [4.78, 5) is 12.3. The van der Waals surface area contributed by atoms with Crippen molar-refractivity contribution >= 4 is 5.97 Å². The first kappa shape index (κ1) is 16.5. The van der Waals surface area contributed by atoms with E-state index < -0.39 is 0 Å². The molecule has 0 aromatic heterocycles. The molecule has 0 radical (unpaired) electrons. The van der Waals surface area contributed by atoms with Gasteiger partial charge < -0.3 is 4.74 Å². The van der Waals surface area contributed by atoms with Crippen LogP contribution in [0.3, 0.4) is 0 Å². The third-order valence-corrected chi connectivity index (χ3v) is 4.23. The summed E-state index contributed by atoms with van der Waals surface area (Å²) in [5, 5.41) is 0. The molecule has 0 aromatic carbocycles.